The number of hydrogen-bond donors (Lipinski definition) is 1. The van der Waals surface area contributed by atoms with E-state index in [-0.39, 0.29) is 6.10 Å². The Balaban J connectivity index is 5.56. The zero-order valence-corrected chi connectivity index (χ0v) is 21.7. The topological polar surface area (TPSA) is 20.2 Å². The summed E-state index contributed by atoms with van der Waals surface area (Å²) in [5.41, 5.74) is 0. The van der Waals surface area contributed by atoms with E-state index in [0.29, 0.717) is 0 Å². The van der Waals surface area contributed by atoms with E-state index in [2.05, 4.69) is 53.4 Å². The fraction of sp³-hybridized carbons (Fsp3) is 0.905. The average Bonchev–Trinajstić information content (AvgIpc) is 2.54. The maximum atomic E-state index is 10.3. The minimum absolute atomic E-state index is 0.223. The number of aliphatic hydroxyl groups is 1. The molecule has 144 valence electrons. The predicted octanol–water partition coefficient (Wildman–Crippen LogP) is 7.41. The second kappa shape index (κ2) is 13.0. The molecule has 0 amide bonds. The van der Waals surface area contributed by atoms with Crippen molar-refractivity contribution in [1.82, 2.24) is 0 Å². The number of allylic oxidation sites excluding steroid dienone is 1. The Bertz CT molecular complexity index is 324. The van der Waals surface area contributed by atoms with E-state index in [4.69, 9.17) is 0 Å². The number of hydrogen-bond acceptors (Lipinski definition) is 1. The van der Waals surface area contributed by atoms with Crippen molar-refractivity contribution in [1.29, 1.82) is 0 Å². The van der Waals surface area contributed by atoms with Gasteiger partial charge in [-0.3, -0.25) is 0 Å². The van der Waals surface area contributed by atoms with Gasteiger partial charge in [0.25, 0.3) is 0 Å². The summed E-state index contributed by atoms with van der Waals surface area (Å²) < 4.78 is 6.18. The van der Waals surface area contributed by atoms with Crippen LogP contribution in [-0.2, 0) is 0 Å². The first kappa shape index (κ1) is 24.7. The first-order chi connectivity index (χ1) is 11.2. The third kappa shape index (κ3) is 10.0. The van der Waals surface area contributed by atoms with Gasteiger partial charge in [0.1, 0.15) is 0 Å². The van der Waals surface area contributed by atoms with Crippen LogP contribution < -0.4 is 0 Å². The monoisotopic (exact) mass is 462 g/mol. The van der Waals surface area contributed by atoms with Crippen molar-refractivity contribution in [3.63, 3.8) is 0 Å². The molecule has 0 aliphatic heterocycles. The summed E-state index contributed by atoms with van der Waals surface area (Å²) in [5, 5.41) is 12.0. The van der Waals surface area contributed by atoms with Crippen LogP contribution in [0.3, 0.4) is 0 Å². The van der Waals surface area contributed by atoms with Gasteiger partial charge in [-0.1, -0.05) is 0 Å². The Morgan fingerprint density at radius 2 is 1.29 bits per heavy atom. The summed E-state index contributed by atoms with van der Waals surface area (Å²) in [6, 6.07) is 0. The molecular weight excluding hydrogens is 415 g/mol. The van der Waals surface area contributed by atoms with Gasteiger partial charge in [-0.2, -0.15) is 0 Å². The summed E-state index contributed by atoms with van der Waals surface area (Å²) in [6.45, 7) is 16.6. The molecule has 0 fully saturated rings. The normalized spacial score (nSPS) is 14.9. The zero-order chi connectivity index (χ0) is 18.6. The fourth-order valence-electron chi connectivity index (χ4n) is 3.62. The van der Waals surface area contributed by atoms with Gasteiger partial charge in [-0.15, -0.1) is 0 Å². The number of aliphatic hydroxyl groups excluding tert-OH is 1. The molecule has 1 unspecified atom stereocenters. The molecule has 3 heteroatoms. The van der Waals surface area contributed by atoms with Gasteiger partial charge in [-0.25, -0.2) is 0 Å². The Hall–Kier alpha value is 0.716. The molecule has 0 saturated carbocycles. The molecule has 0 aromatic rings. The van der Waals surface area contributed by atoms with Crippen LogP contribution >= 0.6 is 0 Å². The summed E-state index contributed by atoms with van der Waals surface area (Å²) in [4.78, 5) is 0. The van der Waals surface area contributed by atoms with Crippen molar-refractivity contribution in [3.05, 3.63) is 11.3 Å². The molecular formula is C21H46OSiSn. The van der Waals surface area contributed by atoms with E-state index < -0.39 is 26.5 Å². The maximum absolute atomic E-state index is 10.3. The Morgan fingerprint density at radius 1 is 0.875 bits per heavy atom. The van der Waals surface area contributed by atoms with Gasteiger partial charge in [-0.05, 0) is 0 Å². The van der Waals surface area contributed by atoms with Crippen molar-refractivity contribution in [2.45, 2.75) is 116 Å². The third-order valence-corrected chi connectivity index (χ3v) is 24.1. The zero-order valence-electron chi connectivity index (χ0n) is 17.9. The van der Waals surface area contributed by atoms with E-state index in [1.54, 1.807) is 18.5 Å². The second-order valence-electron chi connectivity index (χ2n) is 8.90. The second-order valence-corrected chi connectivity index (χ2v) is 27.9. The van der Waals surface area contributed by atoms with Gasteiger partial charge in [0.05, 0.1) is 0 Å². The quantitative estimate of drug-likeness (QED) is 0.267. The molecule has 1 nitrogen and oxygen atoms in total. The predicted molar refractivity (Wildman–Crippen MR) is 117 cm³/mol. The van der Waals surface area contributed by atoms with Crippen LogP contribution in [0.4, 0.5) is 0 Å². The van der Waals surface area contributed by atoms with Crippen molar-refractivity contribution in [2.75, 3.05) is 0 Å². The molecule has 0 bridgehead atoms. The van der Waals surface area contributed by atoms with Crippen molar-refractivity contribution >= 4 is 26.5 Å². The molecule has 0 spiro atoms. The summed E-state index contributed by atoms with van der Waals surface area (Å²) in [6.07, 6.45) is 11.3. The molecule has 1 atom stereocenters. The minimum atomic E-state index is -2.14. The molecule has 0 aromatic heterocycles. The van der Waals surface area contributed by atoms with E-state index in [0.717, 1.165) is 6.42 Å². The molecule has 0 rings (SSSR count). The fourth-order valence-corrected chi connectivity index (χ4v) is 27.6. The van der Waals surface area contributed by atoms with Crippen LogP contribution in [0.5, 0.6) is 0 Å². The standard InChI is InChI=1S/C9H19OSi.3C4H9.Sn/c1-6-9(10)7-8(2)11(3,4)5;3*1-3-4-2;/h7,9-10H,2,6H2,1,3-5H3;3*1,3-4H2,2H3;/b8-7-;;;;. The average molecular weight is 461 g/mol. The van der Waals surface area contributed by atoms with Gasteiger partial charge >= 0.3 is 159 Å². The van der Waals surface area contributed by atoms with Crippen molar-refractivity contribution in [3.8, 4) is 0 Å². The first-order valence-corrected chi connectivity index (χ1v) is 22.2. The Kier molecular flexibility index (Phi) is 13.4. The van der Waals surface area contributed by atoms with Gasteiger partial charge in [0.2, 0.25) is 0 Å². The summed E-state index contributed by atoms with van der Waals surface area (Å²) in [7, 11) is -1.34. The molecule has 0 aliphatic carbocycles. The molecule has 0 radical (unpaired) electrons. The van der Waals surface area contributed by atoms with Gasteiger partial charge in [0.15, 0.2) is 0 Å². The molecule has 1 N–H and O–H groups in total. The number of unbranched alkanes of at least 4 members (excludes halogenated alkanes) is 3. The SMILES string of the molecule is CCC[CH2][Sn]([CH2]CCC)([CH2]CCC)[CH2]/C(=C/C(O)CC)[Si](C)(C)C. The van der Waals surface area contributed by atoms with Crippen LogP contribution in [0.2, 0.25) is 37.4 Å². The van der Waals surface area contributed by atoms with E-state index in [9.17, 15) is 5.11 Å². The third-order valence-electron chi connectivity index (χ3n) is 5.52. The van der Waals surface area contributed by atoms with Crippen molar-refractivity contribution < 1.29 is 5.11 Å². The molecule has 0 aromatic carbocycles. The van der Waals surface area contributed by atoms with E-state index >= 15 is 0 Å². The Morgan fingerprint density at radius 3 is 1.58 bits per heavy atom. The summed E-state index contributed by atoms with van der Waals surface area (Å²) in [5.74, 6) is 0. The van der Waals surface area contributed by atoms with Crippen LogP contribution in [0.15, 0.2) is 11.3 Å². The number of rotatable bonds is 14. The molecule has 24 heavy (non-hydrogen) atoms. The van der Waals surface area contributed by atoms with Gasteiger partial charge < -0.3 is 0 Å². The van der Waals surface area contributed by atoms with Crippen LogP contribution in [-0.4, -0.2) is 37.7 Å². The Labute approximate surface area is 158 Å². The molecule has 0 aliphatic rings. The van der Waals surface area contributed by atoms with E-state index in [1.165, 1.54) is 43.0 Å². The summed E-state index contributed by atoms with van der Waals surface area (Å²) >= 11 is -2.14. The van der Waals surface area contributed by atoms with E-state index in [1.807, 2.05) is 0 Å². The van der Waals surface area contributed by atoms with Crippen molar-refractivity contribution in [2.24, 2.45) is 0 Å². The van der Waals surface area contributed by atoms with Crippen LogP contribution in [0, 0.1) is 0 Å². The van der Waals surface area contributed by atoms with Crippen LogP contribution in [0.25, 0.3) is 0 Å². The first-order valence-electron chi connectivity index (χ1n) is 10.6. The molecule has 0 saturated heterocycles. The van der Waals surface area contributed by atoms with Gasteiger partial charge in [0, 0.05) is 0 Å². The molecule has 0 heterocycles. The van der Waals surface area contributed by atoms with Crippen LogP contribution in [0.1, 0.15) is 72.6 Å².